The number of nitro groups is 1. The van der Waals surface area contributed by atoms with E-state index in [1.54, 1.807) is 31.9 Å². The molecule has 0 saturated heterocycles. The average molecular weight is 417 g/mol. The number of furan rings is 1. The average Bonchev–Trinajstić information content (AvgIpc) is 3.13. The molecule has 0 radical (unpaired) electrons. The molecule has 2 amide bonds. The molecule has 9 heteroatoms. The molecule has 9 nitrogen and oxygen atoms in total. The zero-order valence-electron chi connectivity index (χ0n) is 17.7. The Kier molecular flexibility index (Phi) is 8.11. The van der Waals surface area contributed by atoms with Crippen LogP contribution in [0.2, 0.25) is 0 Å². The second kappa shape index (κ2) is 10.5. The van der Waals surface area contributed by atoms with Crippen molar-refractivity contribution in [3.05, 3.63) is 63.6 Å². The molecular formula is C21H27N3O6. The number of benzene rings is 1. The lowest BCUT2D eigenvalue weighted by atomic mass is 10.1. The van der Waals surface area contributed by atoms with Crippen molar-refractivity contribution in [2.24, 2.45) is 0 Å². The third kappa shape index (κ3) is 6.15. The molecular weight excluding hydrogens is 390 g/mol. The molecule has 0 bridgehead atoms. The molecule has 1 heterocycles. The summed E-state index contributed by atoms with van der Waals surface area (Å²) in [5, 5.41) is 11.0. The van der Waals surface area contributed by atoms with Crippen LogP contribution in [0.1, 0.15) is 35.7 Å². The molecule has 0 aliphatic rings. The number of nitro benzene ring substituents is 1. The Morgan fingerprint density at radius 2 is 1.97 bits per heavy atom. The normalized spacial score (nSPS) is 10.8. The molecule has 1 aromatic heterocycles. The van der Waals surface area contributed by atoms with Gasteiger partial charge in [0.1, 0.15) is 18.1 Å². The maximum atomic E-state index is 13.0. The van der Waals surface area contributed by atoms with E-state index in [1.807, 2.05) is 13.0 Å². The number of non-ortho nitro benzene ring substituents is 1. The van der Waals surface area contributed by atoms with Gasteiger partial charge in [0.2, 0.25) is 5.91 Å². The summed E-state index contributed by atoms with van der Waals surface area (Å²) >= 11 is 0. The van der Waals surface area contributed by atoms with Crippen molar-refractivity contribution < 1.29 is 23.7 Å². The Morgan fingerprint density at radius 3 is 2.53 bits per heavy atom. The van der Waals surface area contributed by atoms with Gasteiger partial charge in [0.15, 0.2) is 0 Å². The summed E-state index contributed by atoms with van der Waals surface area (Å²) in [6.45, 7) is 6.17. The van der Waals surface area contributed by atoms with Gasteiger partial charge in [0.05, 0.1) is 18.1 Å². The van der Waals surface area contributed by atoms with E-state index in [0.29, 0.717) is 18.9 Å². The largest absolute Gasteiger partial charge is 0.464 e. The highest BCUT2D eigenvalue weighted by Gasteiger charge is 2.26. The van der Waals surface area contributed by atoms with Gasteiger partial charge < -0.3 is 19.0 Å². The zero-order valence-corrected chi connectivity index (χ0v) is 17.7. The molecule has 0 aliphatic carbocycles. The van der Waals surface area contributed by atoms with E-state index in [9.17, 15) is 19.7 Å². The lowest BCUT2D eigenvalue weighted by Gasteiger charge is -2.29. The predicted molar refractivity (Wildman–Crippen MR) is 110 cm³/mol. The number of hydrogen-bond acceptors (Lipinski definition) is 6. The van der Waals surface area contributed by atoms with Gasteiger partial charge in [-0.2, -0.15) is 0 Å². The van der Waals surface area contributed by atoms with E-state index in [0.717, 1.165) is 5.76 Å². The molecule has 0 saturated carbocycles. The highest BCUT2D eigenvalue weighted by Crippen LogP contribution is 2.17. The first kappa shape index (κ1) is 23.1. The van der Waals surface area contributed by atoms with Crippen LogP contribution in [0.5, 0.6) is 0 Å². The molecule has 0 fully saturated rings. The highest BCUT2D eigenvalue weighted by atomic mass is 16.6. The third-order valence-corrected chi connectivity index (χ3v) is 4.55. The zero-order chi connectivity index (χ0) is 22.3. The molecule has 2 rings (SSSR count). The molecule has 2 aromatic rings. The standard InChI is InChI=1S/C21H27N3O6/c1-15(2)23(21(26)17-6-5-7-18(12-17)24(27)28)14-20(25)22(10-11-29-4)13-19-9-8-16(3)30-19/h5-9,12,15H,10-11,13-14H2,1-4H3. The third-order valence-electron chi connectivity index (χ3n) is 4.55. The quantitative estimate of drug-likeness (QED) is 0.434. The molecule has 1 aromatic carbocycles. The van der Waals surface area contributed by atoms with Gasteiger partial charge in [-0.15, -0.1) is 0 Å². The minimum absolute atomic E-state index is 0.163. The van der Waals surface area contributed by atoms with Crippen molar-refractivity contribution in [1.82, 2.24) is 9.80 Å². The Hall–Kier alpha value is -3.20. The molecule has 162 valence electrons. The number of ether oxygens (including phenoxy) is 1. The first-order valence-electron chi connectivity index (χ1n) is 9.60. The number of methoxy groups -OCH3 is 1. The minimum Gasteiger partial charge on any atom is -0.464 e. The summed E-state index contributed by atoms with van der Waals surface area (Å²) in [7, 11) is 1.55. The Balaban J connectivity index is 2.19. The van der Waals surface area contributed by atoms with Crippen molar-refractivity contribution in [3.8, 4) is 0 Å². The summed E-state index contributed by atoms with van der Waals surface area (Å²) in [5.74, 6) is 0.669. The molecule has 0 aliphatic heterocycles. The second-order valence-corrected chi connectivity index (χ2v) is 7.15. The topological polar surface area (TPSA) is 106 Å². The van der Waals surface area contributed by atoms with E-state index >= 15 is 0 Å². The van der Waals surface area contributed by atoms with Crippen LogP contribution in [-0.4, -0.2) is 59.4 Å². The predicted octanol–water partition coefficient (Wildman–Crippen LogP) is 3.02. The second-order valence-electron chi connectivity index (χ2n) is 7.15. The molecule has 0 N–H and O–H groups in total. The van der Waals surface area contributed by atoms with Crippen LogP contribution in [0, 0.1) is 17.0 Å². The maximum Gasteiger partial charge on any atom is 0.270 e. The van der Waals surface area contributed by atoms with Crippen molar-refractivity contribution >= 4 is 17.5 Å². The Morgan fingerprint density at radius 1 is 1.23 bits per heavy atom. The van der Waals surface area contributed by atoms with Gasteiger partial charge in [0, 0.05) is 37.4 Å². The minimum atomic E-state index is -0.556. The van der Waals surface area contributed by atoms with Crippen molar-refractivity contribution in [1.29, 1.82) is 0 Å². The summed E-state index contributed by atoms with van der Waals surface area (Å²) in [6, 6.07) is 8.84. The number of rotatable bonds is 10. The number of carbonyl (C=O) groups is 2. The Bertz CT molecular complexity index is 892. The summed E-state index contributed by atoms with van der Waals surface area (Å²) in [5.41, 5.74) is -0.0124. The number of nitrogens with zero attached hydrogens (tertiary/aromatic N) is 3. The number of amides is 2. The van der Waals surface area contributed by atoms with E-state index in [2.05, 4.69) is 0 Å². The SMILES string of the molecule is COCCN(Cc1ccc(C)o1)C(=O)CN(C(=O)c1cccc([N+](=O)[O-])c1)C(C)C. The number of hydrogen-bond donors (Lipinski definition) is 0. The van der Waals surface area contributed by atoms with E-state index in [1.165, 1.54) is 29.2 Å². The summed E-state index contributed by atoms with van der Waals surface area (Å²) < 4.78 is 10.7. The van der Waals surface area contributed by atoms with Gasteiger partial charge in [-0.05, 0) is 39.0 Å². The van der Waals surface area contributed by atoms with Gasteiger partial charge in [-0.1, -0.05) is 6.07 Å². The van der Waals surface area contributed by atoms with Crippen molar-refractivity contribution in [3.63, 3.8) is 0 Å². The van der Waals surface area contributed by atoms with Crippen LogP contribution in [-0.2, 0) is 16.1 Å². The fourth-order valence-corrected chi connectivity index (χ4v) is 2.90. The lowest BCUT2D eigenvalue weighted by molar-refractivity contribution is -0.384. The maximum absolute atomic E-state index is 13.0. The summed E-state index contributed by atoms with van der Waals surface area (Å²) in [6.07, 6.45) is 0. The van der Waals surface area contributed by atoms with Gasteiger partial charge in [-0.3, -0.25) is 19.7 Å². The molecule has 30 heavy (non-hydrogen) atoms. The van der Waals surface area contributed by atoms with Crippen molar-refractivity contribution in [2.45, 2.75) is 33.4 Å². The van der Waals surface area contributed by atoms with E-state index in [4.69, 9.17) is 9.15 Å². The molecule has 0 atom stereocenters. The van der Waals surface area contributed by atoms with Gasteiger partial charge in [0.25, 0.3) is 11.6 Å². The number of aryl methyl sites for hydroxylation is 1. The van der Waals surface area contributed by atoms with E-state index < -0.39 is 10.8 Å². The smallest absolute Gasteiger partial charge is 0.270 e. The van der Waals surface area contributed by atoms with Gasteiger partial charge >= 0.3 is 0 Å². The molecule has 0 spiro atoms. The van der Waals surface area contributed by atoms with Crippen LogP contribution >= 0.6 is 0 Å². The van der Waals surface area contributed by atoms with Crippen LogP contribution in [0.25, 0.3) is 0 Å². The highest BCUT2D eigenvalue weighted by molar-refractivity contribution is 5.97. The van der Waals surface area contributed by atoms with E-state index in [-0.39, 0.29) is 36.3 Å². The fraction of sp³-hybridized carbons (Fsp3) is 0.429. The van der Waals surface area contributed by atoms with Crippen LogP contribution in [0.3, 0.4) is 0 Å². The fourth-order valence-electron chi connectivity index (χ4n) is 2.90. The summed E-state index contributed by atoms with van der Waals surface area (Å²) in [4.78, 5) is 39.4. The first-order chi connectivity index (χ1) is 14.2. The van der Waals surface area contributed by atoms with Crippen LogP contribution < -0.4 is 0 Å². The number of carbonyl (C=O) groups excluding carboxylic acids is 2. The monoisotopic (exact) mass is 417 g/mol. The Labute approximate surface area is 175 Å². The van der Waals surface area contributed by atoms with Crippen LogP contribution in [0.4, 0.5) is 5.69 Å². The van der Waals surface area contributed by atoms with Crippen molar-refractivity contribution in [2.75, 3.05) is 26.8 Å². The van der Waals surface area contributed by atoms with Gasteiger partial charge in [-0.25, -0.2) is 0 Å². The van der Waals surface area contributed by atoms with Crippen LogP contribution in [0.15, 0.2) is 40.8 Å². The lowest BCUT2D eigenvalue weighted by Crippen LogP contribution is -2.46. The molecule has 0 unspecified atom stereocenters. The first-order valence-corrected chi connectivity index (χ1v) is 9.60.